The first kappa shape index (κ1) is 32.9. The molecule has 2 aliphatic heterocycles. The van der Waals surface area contributed by atoms with E-state index < -0.39 is 29.7 Å². The summed E-state index contributed by atoms with van der Waals surface area (Å²) in [7, 11) is 0. The predicted octanol–water partition coefficient (Wildman–Crippen LogP) is 8.22. The maximum Gasteiger partial charge on any atom is 0.310 e. The molecule has 2 saturated heterocycles. The Morgan fingerprint density at radius 3 is 1.98 bits per heavy atom. The van der Waals surface area contributed by atoms with Gasteiger partial charge in [0.2, 0.25) is 0 Å². The highest BCUT2D eigenvalue weighted by molar-refractivity contribution is 5.93. The van der Waals surface area contributed by atoms with Gasteiger partial charge in [-0.15, -0.1) is 0 Å². The predicted molar refractivity (Wildman–Crippen MR) is 193 cm³/mol. The van der Waals surface area contributed by atoms with Crippen LogP contribution in [-0.4, -0.2) is 41.6 Å². The highest BCUT2D eigenvalue weighted by Crippen LogP contribution is 2.67. The van der Waals surface area contributed by atoms with Gasteiger partial charge in [-0.05, 0) is 80.7 Å². The van der Waals surface area contributed by atoms with E-state index in [9.17, 15) is 14.4 Å². The molecule has 9 atom stereocenters. The fourth-order valence-corrected chi connectivity index (χ4v) is 10.1. The van der Waals surface area contributed by atoms with Crippen molar-refractivity contribution in [2.75, 3.05) is 0 Å². The number of fused-ring (bicyclic) bond motifs is 5. The van der Waals surface area contributed by atoms with Gasteiger partial charge in [-0.1, -0.05) is 119 Å². The molecule has 0 aromatic heterocycles. The van der Waals surface area contributed by atoms with Crippen LogP contribution < -0.4 is 0 Å². The van der Waals surface area contributed by atoms with Crippen LogP contribution in [0.15, 0.2) is 97.1 Å². The van der Waals surface area contributed by atoms with E-state index >= 15 is 0 Å². The second kappa shape index (κ2) is 12.2. The van der Waals surface area contributed by atoms with Crippen molar-refractivity contribution in [3.63, 3.8) is 0 Å². The first-order chi connectivity index (χ1) is 24.0. The lowest BCUT2D eigenvalue weighted by atomic mass is 9.77. The molecule has 0 N–H and O–H groups in total. The molecule has 2 aliphatic carbocycles. The van der Waals surface area contributed by atoms with Crippen molar-refractivity contribution in [2.45, 2.75) is 83.7 Å². The van der Waals surface area contributed by atoms with Gasteiger partial charge in [0.25, 0.3) is 0 Å². The summed E-state index contributed by atoms with van der Waals surface area (Å²) in [5, 5.41) is 4.10. The topological polar surface area (TPSA) is 78.9 Å². The Kier molecular flexibility index (Phi) is 8.02. The first-order valence-electron chi connectivity index (χ1n) is 18.2. The zero-order valence-corrected chi connectivity index (χ0v) is 29.4. The smallest absolute Gasteiger partial charge is 0.310 e. The molecule has 8 rings (SSSR count). The number of carbonyl (C=O) groups is 3. The lowest BCUT2D eigenvalue weighted by Gasteiger charge is -2.38. The van der Waals surface area contributed by atoms with Crippen LogP contribution in [0.4, 0.5) is 0 Å². The minimum absolute atomic E-state index is 0.0261. The standard InChI is InChI=1S/C44H46O6/c1-25-20-21-34-37(43(34,4)5)41-27(3)42(47)44(50-41)24-26(2)40(49-36(46)23-31-17-11-15-29-13-7-9-19-33(29)31)38(44)39(25)48-35(45)22-30-16-10-14-28-12-6-8-18-32(28)30/h6-19,26-27,34,37-41H,1,20-24H2,2-5H3/t26-,27-,34-,37-,38-,39-,40-,41+,44-/m0/s1. The fraction of sp³-hybridized carbons (Fsp3) is 0.432. The van der Waals surface area contributed by atoms with E-state index in [1.54, 1.807) is 0 Å². The van der Waals surface area contributed by atoms with Gasteiger partial charge in [-0.25, -0.2) is 0 Å². The largest absolute Gasteiger partial charge is 0.461 e. The number of ether oxygens (including phenoxy) is 3. The van der Waals surface area contributed by atoms with Crippen LogP contribution in [0.5, 0.6) is 0 Å². The molecular weight excluding hydrogens is 624 g/mol. The minimum atomic E-state index is -1.25. The number of hydrogen-bond donors (Lipinski definition) is 0. The second-order valence-electron chi connectivity index (χ2n) is 16.0. The normalized spacial score (nSPS) is 32.7. The third-order valence-electron chi connectivity index (χ3n) is 12.7. The second-order valence-corrected chi connectivity index (χ2v) is 16.0. The lowest BCUT2D eigenvalue weighted by Crippen LogP contribution is -2.52. The summed E-state index contributed by atoms with van der Waals surface area (Å²) < 4.78 is 20.0. The van der Waals surface area contributed by atoms with Gasteiger partial charge >= 0.3 is 11.9 Å². The van der Waals surface area contributed by atoms with Crippen LogP contribution >= 0.6 is 0 Å². The van der Waals surface area contributed by atoms with Crippen molar-refractivity contribution in [1.82, 2.24) is 0 Å². The minimum Gasteiger partial charge on any atom is -0.461 e. The number of esters is 2. The summed E-state index contributed by atoms with van der Waals surface area (Å²) in [6.07, 6.45) is 0.277. The van der Waals surface area contributed by atoms with Gasteiger partial charge in [-0.3, -0.25) is 14.4 Å². The summed E-state index contributed by atoms with van der Waals surface area (Å²) in [5.41, 5.74) is 1.28. The molecule has 0 unspecified atom stereocenters. The SMILES string of the molecule is C=C1CC[C@H]2[C@@H]([C@@H]3O[C@]4(C[C@H](C)[C@H](OC(=O)Cc5cccc6ccccc56)[C@@H]4[C@H]1OC(=O)Cc1cccc4ccccc14)C(=O)[C@H]3C)C2(C)C. The van der Waals surface area contributed by atoms with Gasteiger partial charge in [0.05, 0.1) is 24.9 Å². The van der Waals surface area contributed by atoms with Crippen molar-refractivity contribution < 1.29 is 28.6 Å². The molecule has 4 fully saturated rings. The van der Waals surface area contributed by atoms with Crippen molar-refractivity contribution in [3.8, 4) is 0 Å². The molecule has 0 amide bonds. The van der Waals surface area contributed by atoms with E-state index in [4.69, 9.17) is 14.2 Å². The van der Waals surface area contributed by atoms with E-state index in [0.717, 1.165) is 44.7 Å². The van der Waals surface area contributed by atoms with Gasteiger partial charge in [0, 0.05) is 5.92 Å². The van der Waals surface area contributed by atoms with E-state index in [1.165, 1.54) is 0 Å². The molecular formula is C44H46O6. The Labute approximate surface area is 294 Å². The monoisotopic (exact) mass is 670 g/mol. The third-order valence-corrected chi connectivity index (χ3v) is 12.7. The van der Waals surface area contributed by atoms with E-state index in [-0.39, 0.29) is 53.9 Å². The van der Waals surface area contributed by atoms with Crippen LogP contribution in [0.25, 0.3) is 21.5 Å². The molecule has 0 radical (unpaired) electrons. The molecule has 4 aromatic carbocycles. The van der Waals surface area contributed by atoms with E-state index in [1.807, 2.05) is 98.8 Å². The molecule has 6 nitrogen and oxygen atoms in total. The Balaban J connectivity index is 1.15. The molecule has 2 bridgehead atoms. The zero-order valence-electron chi connectivity index (χ0n) is 29.4. The number of Topliss-reactive ketones (excluding diaryl/α,β-unsaturated/α-hetero) is 1. The molecule has 1 spiro atoms. The van der Waals surface area contributed by atoms with Crippen LogP contribution in [-0.2, 0) is 41.4 Å². The fourth-order valence-electron chi connectivity index (χ4n) is 10.1. The molecule has 6 heteroatoms. The van der Waals surface area contributed by atoms with Gasteiger partial charge in [0.15, 0.2) is 5.78 Å². The van der Waals surface area contributed by atoms with E-state index in [0.29, 0.717) is 18.8 Å². The number of ketones is 1. The summed E-state index contributed by atoms with van der Waals surface area (Å²) in [4.78, 5) is 42.6. The van der Waals surface area contributed by atoms with Crippen LogP contribution in [0.2, 0.25) is 0 Å². The van der Waals surface area contributed by atoms with Crippen LogP contribution in [0.3, 0.4) is 0 Å². The Bertz CT molecular complexity index is 2020. The summed E-state index contributed by atoms with van der Waals surface area (Å²) >= 11 is 0. The molecule has 2 heterocycles. The number of hydrogen-bond acceptors (Lipinski definition) is 6. The van der Waals surface area contributed by atoms with Crippen LogP contribution in [0.1, 0.15) is 58.1 Å². The van der Waals surface area contributed by atoms with Crippen molar-refractivity contribution in [1.29, 1.82) is 0 Å². The van der Waals surface area contributed by atoms with Crippen LogP contribution in [0, 0.1) is 35.0 Å². The van der Waals surface area contributed by atoms with Gasteiger partial charge in [-0.2, -0.15) is 0 Å². The summed E-state index contributed by atoms with van der Waals surface area (Å²) in [6.45, 7) is 13.1. The molecule has 4 aliphatic rings. The van der Waals surface area contributed by atoms with Crippen molar-refractivity contribution in [3.05, 3.63) is 108 Å². The Morgan fingerprint density at radius 1 is 0.800 bits per heavy atom. The van der Waals surface area contributed by atoms with Gasteiger partial charge in [0.1, 0.15) is 17.8 Å². The summed E-state index contributed by atoms with van der Waals surface area (Å²) in [5.74, 6) is -1.36. The average molecular weight is 671 g/mol. The highest BCUT2D eigenvalue weighted by Gasteiger charge is 2.73. The Morgan fingerprint density at radius 2 is 1.36 bits per heavy atom. The number of rotatable bonds is 6. The lowest BCUT2D eigenvalue weighted by molar-refractivity contribution is -0.175. The molecule has 2 saturated carbocycles. The quantitative estimate of drug-likeness (QED) is 0.152. The molecule has 258 valence electrons. The number of carbonyl (C=O) groups excluding carboxylic acids is 3. The van der Waals surface area contributed by atoms with Crippen molar-refractivity contribution >= 4 is 39.3 Å². The van der Waals surface area contributed by atoms with Crippen molar-refractivity contribution in [2.24, 2.45) is 35.0 Å². The van der Waals surface area contributed by atoms with E-state index in [2.05, 4.69) is 20.4 Å². The molecule has 4 aromatic rings. The first-order valence-corrected chi connectivity index (χ1v) is 18.2. The zero-order chi connectivity index (χ0) is 34.9. The maximum atomic E-state index is 14.6. The highest BCUT2D eigenvalue weighted by atomic mass is 16.6. The summed E-state index contributed by atoms with van der Waals surface area (Å²) in [6, 6.07) is 27.9. The third kappa shape index (κ3) is 5.30. The maximum absolute atomic E-state index is 14.6. The average Bonchev–Trinajstić information content (AvgIpc) is 3.41. The van der Waals surface area contributed by atoms with Gasteiger partial charge < -0.3 is 14.2 Å². The Hall–Kier alpha value is -4.29. The molecule has 50 heavy (non-hydrogen) atoms. The number of benzene rings is 4.